The van der Waals surface area contributed by atoms with E-state index in [-0.39, 0.29) is 17.9 Å². The Hall–Kier alpha value is -1.10. The van der Waals surface area contributed by atoms with E-state index in [2.05, 4.69) is 10.6 Å². The van der Waals surface area contributed by atoms with Gasteiger partial charge in [0.25, 0.3) is 0 Å². The molecule has 0 radical (unpaired) electrons. The SMILES string of the molecule is CNC(C)(C)C(=O)N1CCC(NC(C)=O)CC1. The maximum absolute atomic E-state index is 12.2. The number of hydrogen-bond donors (Lipinski definition) is 2. The third kappa shape index (κ3) is 3.70. The summed E-state index contributed by atoms with van der Waals surface area (Å²) in [6.45, 7) is 6.73. The van der Waals surface area contributed by atoms with Gasteiger partial charge in [0.05, 0.1) is 5.54 Å². The van der Waals surface area contributed by atoms with Crippen molar-refractivity contribution in [2.75, 3.05) is 20.1 Å². The van der Waals surface area contributed by atoms with Gasteiger partial charge < -0.3 is 15.5 Å². The summed E-state index contributed by atoms with van der Waals surface area (Å²) >= 11 is 0. The van der Waals surface area contributed by atoms with Crippen LogP contribution in [0.1, 0.15) is 33.6 Å². The molecule has 5 nitrogen and oxygen atoms in total. The number of nitrogens with one attached hydrogen (secondary N) is 2. The van der Waals surface area contributed by atoms with Crippen LogP contribution >= 0.6 is 0 Å². The van der Waals surface area contributed by atoms with Crippen LogP contribution in [-0.4, -0.2) is 48.4 Å². The fraction of sp³-hybridized carbons (Fsp3) is 0.833. The lowest BCUT2D eigenvalue weighted by atomic mass is 9.99. The first-order valence-corrected chi connectivity index (χ1v) is 6.12. The van der Waals surface area contributed by atoms with Crippen LogP contribution in [0.15, 0.2) is 0 Å². The first-order chi connectivity index (χ1) is 7.86. The quantitative estimate of drug-likeness (QED) is 0.737. The summed E-state index contributed by atoms with van der Waals surface area (Å²) in [4.78, 5) is 25.0. The standard InChI is InChI=1S/C12H23N3O2/c1-9(16)14-10-5-7-15(8-6-10)11(17)12(2,3)13-4/h10,13H,5-8H2,1-4H3,(H,14,16). The minimum atomic E-state index is -0.513. The van der Waals surface area contributed by atoms with Crippen molar-refractivity contribution in [3.05, 3.63) is 0 Å². The minimum absolute atomic E-state index is 0.00494. The molecule has 1 saturated heterocycles. The Morgan fingerprint density at radius 1 is 1.24 bits per heavy atom. The average Bonchev–Trinajstić information content (AvgIpc) is 2.28. The Bertz CT molecular complexity index is 294. The van der Waals surface area contributed by atoms with Gasteiger partial charge in [-0.2, -0.15) is 0 Å². The number of likely N-dealkylation sites (tertiary alicyclic amines) is 1. The van der Waals surface area contributed by atoms with Crippen LogP contribution in [0.3, 0.4) is 0 Å². The number of rotatable bonds is 3. The van der Waals surface area contributed by atoms with Crippen LogP contribution in [0.5, 0.6) is 0 Å². The number of likely N-dealkylation sites (N-methyl/N-ethyl adjacent to an activating group) is 1. The van der Waals surface area contributed by atoms with Crippen molar-refractivity contribution in [2.45, 2.75) is 45.2 Å². The van der Waals surface area contributed by atoms with Crippen LogP contribution in [0.2, 0.25) is 0 Å². The van der Waals surface area contributed by atoms with Crippen molar-refractivity contribution in [2.24, 2.45) is 0 Å². The Morgan fingerprint density at radius 2 is 1.76 bits per heavy atom. The Labute approximate surface area is 103 Å². The molecule has 1 aliphatic heterocycles. The molecule has 0 aromatic heterocycles. The summed E-state index contributed by atoms with van der Waals surface area (Å²) in [6.07, 6.45) is 1.68. The molecule has 0 aliphatic carbocycles. The zero-order valence-electron chi connectivity index (χ0n) is 11.2. The highest BCUT2D eigenvalue weighted by atomic mass is 16.2. The minimum Gasteiger partial charge on any atom is -0.353 e. The first kappa shape index (κ1) is 14.0. The zero-order chi connectivity index (χ0) is 13.1. The van der Waals surface area contributed by atoms with Crippen molar-refractivity contribution in [3.63, 3.8) is 0 Å². The van der Waals surface area contributed by atoms with Crippen molar-refractivity contribution in [1.82, 2.24) is 15.5 Å². The molecule has 0 unspecified atom stereocenters. The van der Waals surface area contributed by atoms with Crippen LogP contribution in [0.25, 0.3) is 0 Å². The summed E-state index contributed by atoms with van der Waals surface area (Å²) < 4.78 is 0. The molecule has 2 N–H and O–H groups in total. The van der Waals surface area contributed by atoms with E-state index in [9.17, 15) is 9.59 Å². The van der Waals surface area contributed by atoms with E-state index in [0.717, 1.165) is 25.9 Å². The molecule has 98 valence electrons. The predicted octanol–water partition coefficient (Wildman–Crippen LogP) is 0.112. The first-order valence-electron chi connectivity index (χ1n) is 6.12. The lowest BCUT2D eigenvalue weighted by Crippen LogP contribution is -2.56. The van der Waals surface area contributed by atoms with E-state index in [0.29, 0.717) is 0 Å². The molecular weight excluding hydrogens is 218 g/mol. The predicted molar refractivity (Wildman–Crippen MR) is 66.6 cm³/mol. The Balaban J connectivity index is 2.47. The Morgan fingerprint density at radius 3 is 2.18 bits per heavy atom. The van der Waals surface area contributed by atoms with Crippen LogP contribution < -0.4 is 10.6 Å². The van der Waals surface area contributed by atoms with Crippen LogP contribution in [-0.2, 0) is 9.59 Å². The molecule has 1 aliphatic rings. The third-order valence-corrected chi connectivity index (χ3v) is 3.35. The van der Waals surface area contributed by atoms with Gasteiger partial charge in [0.1, 0.15) is 0 Å². The number of carbonyl (C=O) groups excluding carboxylic acids is 2. The van der Waals surface area contributed by atoms with Crippen molar-refractivity contribution in [3.8, 4) is 0 Å². The molecule has 17 heavy (non-hydrogen) atoms. The summed E-state index contributed by atoms with van der Waals surface area (Å²) in [7, 11) is 1.79. The Kier molecular flexibility index (Phi) is 4.51. The molecule has 0 aromatic carbocycles. The number of amides is 2. The molecule has 5 heteroatoms. The zero-order valence-corrected chi connectivity index (χ0v) is 11.2. The fourth-order valence-electron chi connectivity index (χ4n) is 2.02. The molecule has 0 bridgehead atoms. The highest BCUT2D eigenvalue weighted by Crippen LogP contribution is 2.15. The maximum atomic E-state index is 12.2. The van der Waals surface area contributed by atoms with Crippen molar-refractivity contribution in [1.29, 1.82) is 0 Å². The second-order valence-corrected chi connectivity index (χ2v) is 5.14. The molecule has 0 saturated carbocycles. The van der Waals surface area contributed by atoms with Crippen LogP contribution in [0, 0.1) is 0 Å². The molecule has 1 rings (SSSR count). The van der Waals surface area contributed by atoms with E-state index in [1.807, 2.05) is 18.7 Å². The fourth-order valence-corrected chi connectivity index (χ4v) is 2.02. The summed E-state index contributed by atoms with van der Waals surface area (Å²) in [6, 6.07) is 0.217. The monoisotopic (exact) mass is 241 g/mol. The van der Waals surface area contributed by atoms with Crippen molar-refractivity contribution < 1.29 is 9.59 Å². The van der Waals surface area contributed by atoms with Gasteiger partial charge in [0, 0.05) is 26.1 Å². The number of hydrogen-bond acceptors (Lipinski definition) is 3. The average molecular weight is 241 g/mol. The number of carbonyl (C=O) groups is 2. The number of piperidine rings is 1. The van der Waals surface area contributed by atoms with Crippen molar-refractivity contribution >= 4 is 11.8 Å². The molecular formula is C12H23N3O2. The van der Waals surface area contributed by atoms with E-state index in [1.54, 1.807) is 7.05 Å². The molecule has 0 spiro atoms. The second-order valence-electron chi connectivity index (χ2n) is 5.14. The van der Waals surface area contributed by atoms with E-state index in [4.69, 9.17) is 0 Å². The smallest absolute Gasteiger partial charge is 0.242 e. The topological polar surface area (TPSA) is 61.4 Å². The molecule has 0 aromatic rings. The van der Waals surface area contributed by atoms with Gasteiger partial charge in [0.15, 0.2) is 0 Å². The highest BCUT2D eigenvalue weighted by Gasteiger charge is 2.32. The van der Waals surface area contributed by atoms with E-state index < -0.39 is 5.54 Å². The van der Waals surface area contributed by atoms with Gasteiger partial charge in [-0.25, -0.2) is 0 Å². The van der Waals surface area contributed by atoms with Gasteiger partial charge >= 0.3 is 0 Å². The number of nitrogens with zero attached hydrogens (tertiary/aromatic N) is 1. The maximum Gasteiger partial charge on any atom is 0.242 e. The summed E-state index contributed by atoms with van der Waals surface area (Å²) in [5.41, 5.74) is -0.513. The van der Waals surface area contributed by atoms with Gasteiger partial charge in [-0.1, -0.05) is 0 Å². The van der Waals surface area contributed by atoms with Gasteiger partial charge in [-0.15, -0.1) is 0 Å². The van der Waals surface area contributed by atoms with E-state index >= 15 is 0 Å². The molecule has 1 heterocycles. The largest absolute Gasteiger partial charge is 0.353 e. The second kappa shape index (κ2) is 5.49. The molecule has 0 atom stereocenters. The normalized spacial score (nSPS) is 18.0. The van der Waals surface area contributed by atoms with Gasteiger partial charge in [-0.05, 0) is 33.7 Å². The molecule has 2 amide bonds. The lowest BCUT2D eigenvalue weighted by molar-refractivity contribution is -0.138. The van der Waals surface area contributed by atoms with E-state index in [1.165, 1.54) is 6.92 Å². The molecule has 1 fully saturated rings. The summed E-state index contributed by atoms with van der Waals surface area (Å²) in [5, 5.41) is 5.92. The summed E-state index contributed by atoms with van der Waals surface area (Å²) in [5.74, 6) is 0.131. The highest BCUT2D eigenvalue weighted by molar-refractivity contribution is 5.85. The van der Waals surface area contributed by atoms with Crippen LogP contribution in [0.4, 0.5) is 0 Å². The third-order valence-electron chi connectivity index (χ3n) is 3.35. The lowest BCUT2D eigenvalue weighted by Gasteiger charge is -2.37. The van der Waals surface area contributed by atoms with Gasteiger partial charge in [-0.3, -0.25) is 9.59 Å². The van der Waals surface area contributed by atoms with Gasteiger partial charge in [0.2, 0.25) is 11.8 Å².